The smallest absolute Gasteiger partial charge is 0.261 e. The van der Waals surface area contributed by atoms with Gasteiger partial charge in [-0.2, -0.15) is 0 Å². The van der Waals surface area contributed by atoms with Crippen LogP contribution in [0.1, 0.15) is 37.0 Å². The largest absolute Gasteiger partial charge is 0.363 e. The number of amides is 1. The van der Waals surface area contributed by atoms with E-state index >= 15 is 0 Å². The third kappa shape index (κ3) is 3.60. The molecule has 6 heteroatoms. The number of carbonyl (C=O) groups excluding carboxylic acids is 1. The maximum Gasteiger partial charge on any atom is 0.261 e. The Kier molecular flexibility index (Phi) is 4.49. The zero-order valence-electron chi connectivity index (χ0n) is 15.8. The third-order valence-corrected chi connectivity index (χ3v) is 5.21. The Balaban J connectivity index is 1.63. The van der Waals surface area contributed by atoms with Crippen LogP contribution in [0.2, 0.25) is 5.02 Å². The molecule has 0 bridgehead atoms. The number of ether oxygens (including phenoxy) is 1. The van der Waals surface area contributed by atoms with Crippen molar-refractivity contribution in [2.75, 3.05) is 25.2 Å². The lowest BCUT2D eigenvalue weighted by Gasteiger charge is -2.20. The van der Waals surface area contributed by atoms with E-state index in [0.717, 1.165) is 18.0 Å². The molecule has 0 aromatic heterocycles. The molecular weight excluding hydrogens is 362 g/mol. The van der Waals surface area contributed by atoms with E-state index in [0.29, 0.717) is 28.9 Å². The number of carbonyl (C=O) groups is 1. The highest BCUT2D eigenvalue weighted by atomic mass is 35.5. The van der Waals surface area contributed by atoms with Gasteiger partial charge in [-0.25, -0.2) is 0 Å². The molecule has 0 saturated heterocycles. The molecule has 1 fully saturated rings. The number of anilines is 1. The highest BCUT2D eigenvalue weighted by Gasteiger charge is 2.32. The van der Waals surface area contributed by atoms with Gasteiger partial charge in [-0.1, -0.05) is 23.6 Å². The van der Waals surface area contributed by atoms with Crippen LogP contribution in [0.4, 0.5) is 5.69 Å². The summed E-state index contributed by atoms with van der Waals surface area (Å²) in [6.07, 6.45) is 4.28. The average molecular weight is 384 g/mol. The Bertz CT molecular complexity index is 919. The van der Waals surface area contributed by atoms with E-state index in [2.05, 4.69) is 16.8 Å². The molecule has 1 aliphatic carbocycles. The van der Waals surface area contributed by atoms with Crippen molar-refractivity contribution in [3.8, 4) is 11.8 Å². The summed E-state index contributed by atoms with van der Waals surface area (Å²) in [7, 11) is 1.72. The second-order valence-corrected chi connectivity index (χ2v) is 8.06. The first kappa shape index (κ1) is 18.1. The molecule has 2 heterocycles. The normalized spacial score (nSPS) is 18.9. The molecule has 1 aromatic carbocycles. The van der Waals surface area contributed by atoms with Gasteiger partial charge in [0.25, 0.3) is 5.91 Å². The fourth-order valence-electron chi connectivity index (χ4n) is 3.09. The number of fused-ring (bicyclic) bond motifs is 3. The summed E-state index contributed by atoms with van der Waals surface area (Å²) in [6.45, 7) is 5.11. The van der Waals surface area contributed by atoms with Gasteiger partial charge in [0.05, 0.1) is 28.6 Å². The summed E-state index contributed by atoms with van der Waals surface area (Å²) in [5, 5.41) is 0.438. The quantitative estimate of drug-likeness (QED) is 0.748. The van der Waals surface area contributed by atoms with Crippen molar-refractivity contribution in [3.63, 3.8) is 0 Å². The summed E-state index contributed by atoms with van der Waals surface area (Å²) >= 11 is 6.31. The molecule has 1 saturated carbocycles. The van der Waals surface area contributed by atoms with Gasteiger partial charge >= 0.3 is 0 Å². The number of allylic oxidation sites excluding steroid dienone is 1. The number of hydrogen-bond acceptors (Lipinski definition) is 4. The second-order valence-electron chi connectivity index (χ2n) is 7.66. The fourth-order valence-corrected chi connectivity index (χ4v) is 3.34. The molecule has 5 nitrogen and oxygen atoms in total. The minimum absolute atomic E-state index is 0.141. The lowest BCUT2D eigenvalue weighted by atomic mass is 10.1. The highest BCUT2D eigenvalue weighted by molar-refractivity contribution is 6.35. The van der Waals surface area contributed by atoms with Crippen LogP contribution in [-0.2, 0) is 4.74 Å². The van der Waals surface area contributed by atoms with E-state index in [4.69, 9.17) is 16.3 Å². The predicted octanol–water partition coefficient (Wildman–Crippen LogP) is 3.69. The number of halogens is 1. The van der Waals surface area contributed by atoms with Crippen LogP contribution < -0.4 is 4.90 Å². The van der Waals surface area contributed by atoms with Crippen LogP contribution in [0, 0.1) is 17.8 Å². The molecule has 2 aliphatic heterocycles. The van der Waals surface area contributed by atoms with Crippen molar-refractivity contribution < 1.29 is 9.53 Å². The summed E-state index contributed by atoms with van der Waals surface area (Å²) in [5.74, 6) is 6.92. The fraction of sp³-hybridized carbons (Fsp3) is 0.429. The lowest BCUT2D eigenvalue weighted by molar-refractivity contribution is 0.0203. The van der Waals surface area contributed by atoms with Gasteiger partial charge in [0.2, 0.25) is 0 Å². The molecule has 0 N–H and O–H groups in total. The van der Waals surface area contributed by atoms with E-state index < -0.39 is 5.60 Å². The summed E-state index contributed by atoms with van der Waals surface area (Å²) in [4.78, 5) is 20.8. The van der Waals surface area contributed by atoms with E-state index in [1.807, 2.05) is 30.9 Å². The van der Waals surface area contributed by atoms with Gasteiger partial charge in [-0.15, -0.1) is 0 Å². The van der Waals surface area contributed by atoms with Crippen LogP contribution in [0.5, 0.6) is 0 Å². The summed E-state index contributed by atoms with van der Waals surface area (Å²) in [5.41, 5.74) is 2.17. The Morgan fingerprint density at radius 2 is 2.15 bits per heavy atom. The van der Waals surface area contributed by atoms with Gasteiger partial charge in [0.1, 0.15) is 18.0 Å². The van der Waals surface area contributed by atoms with Crippen LogP contribution in [-0.4, -0.2) is 42.4 Å². The number of hydrogen-bond donors (Lipinski definition) is 0. The monoisotopic (exact) mass is 383 g/mol. The molecule has 27 heavy (non-hydrogen) atoms. The van der Waals surface area contributed by atoms with Gasteiger partial charge in [-0.05, 0) is 50.7 Å². The Morgan fingerprint density at radius 3 is 2.89 bits per heavy atom. The standard InChI is InChI=1S/C21H22ClN3O2/c1-21(2,27-12-14-7-8-14)10-9-16-18-11-24(3)20(26)19-15(22)5-4-6-17(19)25(18)13-23-16/h4-6,11,14H,7-8,12-13H2,1-3H3. The van der Waals surface area contributed by atoms with Crippen molar-refractivity contribution in [1.82, 2.24) is 4.90 Å². The molecule has 140 valence electrons. The summed E-state index contributed by atoms with van der Waals surface area (Å²) < 4.78 is 5.94. The Morgan fingerprint density at radius 1 is 1.37 bits per heavy atom. The van der Waals surface area contributed by atoms with Crippen LogP contribution in [0.25, 0.3) is 0 Å². The number of benzene rings is 1. The number of rotatable bonds is 3. The van der Waals surface area contributed by atoms with Crippen LogP contribution in [0.15, 0.2) is 35.1 Å². The van der Waals surface area contributed by atoms with Crippen molar-refractivity contribution in [2.45, 2.75) is 32.3 Å². The SMILES string of the molecule is CN1C=C2C(C#CC(C)(C)OCC3CC3)=NCN2c2cccc(Cl)c2C1=O. The molecule has 4 rings (SSSR count). The molecule has 0 atom stereocenters. The van der Waals surface area contributed by atoms with Crippen molar-refractivity contribution >= 4 is 28.9 Å². The van der Waals surface area contributed by atoms with Gasteiger partial charge in [-0.3, -0.25) is 9.79 Å². The second kappa shape index (κ2) is 6.70. The first-order chi connectivity index (χ1) is 12.9. The van der Waals surface area contributed by atoms with Crippen LogP contribution in [0.3, 0.4) is 0 Å². The first-order valence-electron chi connectivity index (χ1n) is 9.13. The van der Waals surface area contributed by atoms with Gasteiger partial charge in [0.15, 0.2) is 0 Å². The molecule has 3 aliphatic rings. The Hall–Kier alpha value is -2.29. The van der Waals surface area contributed by atoms with E-state index in [-0.39, 0.29) is 5.91 Å². The predicted molar refractivity (Wildman–Crippen MR) is 107 cm³/mol. The maximum absolute atomic E-state index is 12.7. The number of aliphatic imine (C=N–C) groups is 1. The molecule has 0 radical (unpaired) electrons. The van der Waals surface area contributed by atoms with Crippen molar-refractivity contribution in [3.05, 3.63) is 40.7 Å². The molecular formula is C21H22ClN3O2. The molecule has 1 aromatic rings. The molecule has 0 unspecified atom stereocenters. The van der Waals surface area contributed by atoms with Crippen molar-refractivity contribution in [1.29, 1.82) is 0 Å². The van der Waals surface area contributed by atoms with Gasteiger partial charge in [0, 0.05) is 13.2 Å². The first-order valence-corrected chi connectivity index (χ1v) is 9.50. The van der Waals surface area contributed by atoms with Gasteiger partial charge < -0.3 is 14.5 Å². The third-order valence-electron chi connectivity index (χ3n) is 4.89. The van der Waals surface area contributed by atoms with E-state index in [1.54, 1.807) is 19.3 Å². The zero-order valence-corrected chi connectivity index (χ0v) is 16.5. The molecule has 1 amide bonds. The Labute approximate surface area is 164 Å². The average Bonchev–Trinajstić information content (AvgIpc) is 3.39. The summed E-state index contributed by atoms with van der Waals surface area (Å²) in [6, 6.07) is 5.46. The lowest BCUT2D eigenvalue weighted by Crippen LogP contribution is -2.24. The maximum atomic E-state index is 12.7. The van der Waals surface area contributed by atoms with E-state index in [1.165, 1.54) is 17.7 Å². The van der Waals surface area contributed by atoms with E-state index in [9.17, 15) is 4.79 Å². The van der Waals surface area contributed by atoms with Crippen LogP contribution >= 0.6 is 11.6 Å². The van der Waals surface area contributed by atoms with Crippen molar-refractivity contribution in [2.24, 2.45) is 10.9 Å². The zero-order chi connectivity index (χ0) is 19.2. The topological polar surface area (TPSA) is 45.1 Å². The minimum atomic E-state index is -0.535. The number of nitrogens with zero attached hydrogens (tertiary/aromatic N) is 3. The minimum Gasteiger partial charge on any atom is -0.363 e. The molecule has 0 spiro atoms. The highest BCUT2D eigenvalue weighted by Crippen LogP contribution is 2.35.